The Kier molecular flexibility index (Phi) is 1.71. The average molecular weight is 197 g/mol. The van der Waals surface area contributed by atoms with Crippen molar-refractivity contribution in [3.8, 4) is 0 Å². The molecular weight excluding hydrogens is 190 g/mol. The van der Waals surface area contributed by atoms with Crippen molar-refractivity contribution in [1.29, 1.82) is 0 Å². The van der Waals surface area contributed by atoms with Crippen LogP contribution in [-0.4, -0.2) is 37.8 Å². The van der Waals surface area contributed by atoms with E-state index < -0.39 is 12.3 Å². The predicted octanol–water partition coefficient (Wildman–Crippen LogP) is -0.0262. The Labute approximate surface area is 78.1 Å². The second-order valence-corrected chi connectivity index (χ2v) is 2.74. The maximum absolute atomic E-state index is 10.6. The number of fused-ring (bicyclic) bond motifs is 1. The van der Waals surface area contributed by atoms with Crippen molar-refractivity contribution >= 4 is 11.8 Å². The van der Waals surface area contributed by atoms with Crippen molar-refractivity contribution in [2.45, 2.75) is 6.35 Å². The number of imidazole rings is 1. The minimum absolute atomic E-state index is 0.0445. The summed E-state index contributed by atoms with van der Waals surface area (Å²) in [5.41, 5.74) is -0.221. The molecule has 0 spiro atoms. The molecule has 8 nitrogen and oxygen atoms in total. The largest absolute Gasteiger partial charge is 0.476 e. The summed E-state index contributed by atoms with van der Waals surface area (Å²) in [6, 6.07) is 0. The maximum atomic E-state index is 10.6. The fraction of sp³-hybridized carbons (Fsp3) is 0.333. The van der Waals surface area contributed by atoms with Gasteiger partial charge in [0, 0.05) is 7.05 Å². The first-order chi connectivity index (χ1) is 6.61. The first-order valence-corrected chi connectivity index (χ1v) is 3.74. The number of nitrogens with zero attached hydrogens (tertiary/aromatic N) is 5. The van der Waals surface area contributed by atoms with Crippen molar-refractivity contribution < 1.29 is 15.0 Å². The molecule has 0 aromatic carbocycles. The summed E-state index contributed by atoms with van der Waals surface area (Å²) in [7, 11) is 1.51. The molecule has 0 saturated carbocycles. The van der Waals surface area contributed by atoms with Gasteiger partial charge in [0.05, 0.1) is 0 Å². The van der Waals surface area contributed by atoms with Crippen LogP contribution in [0.15, 0.2) is 16.7 Å². The molecule has 2 rings (SSSR count). The lowest BCUT2D eigenvalue weighted by Gasteiger charge is -2.23. The lowest BCUT2D eigenvalue weighted by atomic mass is 10.4. The van der Waals surface area contributed by atoms with Gasteiger partial charge in [-0.25, -0.2) is 14.8 Å². The van der Waals surface area contributed by atoms with Crippen LogP contribution < -0.4 is 0 Å². The second-order valence-electron chi connectivity index (χ2n) is 2.74. The van der Waals surface area contributed by atoms with Crippen molar-refractivity contribution in [3.63, 3.8) is 0 Å². The van der Waals surface area contributed by atoms with Crippen LogP contribution >= 0.6 is 0 Å². The number of aromatic carboxylic acids is 1. The van der Waals surface area contributed by atoms with E-state index >= 15 is 0 Å². The second kappa shape index (κ2) is 2.77. The third kappa shape index (κ3) is 1.04. The molecule has 8 heteroatoms. The molecule has 14 heavy (non-hydrogen) atoms. The molecule has 1 atom stereocenters. The number of aliphatic hydroxyl groups excluding tert-OH is 1. The molecule has 0 bridgehead atoms. The number of carbonyl (C=O) groups is 1. The van der Waals surface area contributed by atoms with Gasteiger partial charge in [0.1, 0.15) is 6.33 Å². The highest BCUT2D eigenvalue weighted by molar-refractivity contribution is 5.90. The Morgan fingerprint density at radius 1 is 1.64 bits per heavy atom. The molecule has 0 amide bonds. The van der Waals surface area contributed by atoms with Crippen LogP contribution in [0.1, 0.15) is 16.8 Å². The minimum atomic E-state index is -1.20. The van der Waals surface area contributed by atoms with Crippen molar-refractivity contribution in [2.75, 3.05) is 7.05 Å². The molecule has 0 aliphatic carbocycles. The number of aliphatic hydroxyl groups is 1. The zero-order chi connectivity index (χ0) is 10.3. The molecule has 0 saturated heterocycles. The molecule has 1 aromatic heterocycles. The Balaban J connectivity index is 2.53. The maximum Gasteiger partial charge on any atom is 0.358 e. The van der Waals surface area contributed by atoms with E-state index in [0.717, 1.165) is 0 Å². The quantitative estimate of drug-likeness (QED) is 0.658. The van der Waals surface area contributed by atoms with Crippen LogP contribution in [0.2, 0.25) is 0 Å². The minimum Gasteiger partial charge on any atom is -0.476 e. The summed E-state index contributed by atoms with van der Waals surface area (Å²) in [6.07, 6.45) is 0.140. The molecule has 1 aromatic rings. The summed E-state index contributed by atoms with van der Waals surface area (Å²) in [6.45, 7) is 0. The van der Waals surface area contributed by atoms with Gasteiger partial charge >= 0.3 is 5.97 Å². The van der Waals surface area contributed by atoms with E-state index in [0.29, 0.717) is 0 Å². The third-order valence-corrected chi connectivity index (χ3v) is 1.83. The fourth-order valence-corrected chi connectivity index (χ4v) is 1.11. The summed E-state index contributed by atoms with van der Waals surface area (Å²) >= 11 is 0. The number of hydrogen-bond donors (Lipinski definition) is 2. The number of carboxylic acids is 1. The number of carboxylic acid groups (broad SMARTS) is 1. The van der Waals surface area contributed by atoms with Crippen LogP contribution in [-0.2, 0) is 0 Å². The fourth-order valence-electron chi connectivity index (χ4n) is 1.11. The zero-order valence-electron chi connectivity index (χ0n) is 7.19. The van der Waals surface area contributed by atoms with E-state index in [1.807, 2.05) is 0 Å². The summed E-state index contributed by atoms with van der Waals surface area (Å²) < 4.78 is 1.22. The van der Waals surface area contributed by atoms with Crippen molar-refractivity contribution in [2.24, 2.45) is 10.3 Å². The predicted molar refractivity (Wildman–Crippen MR) is 42.7 cm³/mol. The Hall–Kier alpha value is -1.96. The summed E-state index contributed by atoms with van der Waals surface area (Å²) in [5, 5.41) is 26.6. The molecule has 2 heterocycles. The van der Waals surface area contributed by atoms with Gasteiger partial charge in [-0.05, 0) is 0 Å². The lowest BCUT2D eigenvalue weighted by molar-refractivity contribution is -0.0491. The molecule has 2 N–H and O–H groups in total. The van der Waals surface area contributed by atoms with Crippen LogP contribution in [0.4, 0.5) is 5.82 Å². The summed E-state index contributed by atoms with van der Waals surface area (Å²) in [5.74, 6) is -1.16. The average Bonchev–Trinajstić information content (AvgIpc) is 2.55. The van der Waals surface area contributed by atoms with E-state index in [9.17, 15) is 9.90 Å². The third-order valence-electron chi connectivity index (χ3n) is 1.83. The number of rotatable bonds is 1. The number of hydrogen-bond acceptors (Lipinski definition) is 6. The van der Waals surface area contributed by atoms with E-state index in [1.165, 1.54) is 23.0 Å². The molecule has 1 unspecified atom stereocenters. The van der Waals surface area contributed by atoms with E-state index in [2.05, 4.69) is 15.3 Å². The van der Waals surface area contributed by atoms with Crippen LogP contribution in [0.25, 0.3) is 0 Å². The first-order valence-electron chi connectivity index (χ1n) is 3.74. The SMILES string of the molecule is CN1N=Nc2c(C(=O)O)ncn2C1O. The van der Waals surface area contributed by atoms with Gasteiger partial charge in [0.15, 0.2) is 11.5 Å². The highest BCUT2D eigenvalue weighted by atomic mass is 16.4. The smallest absolute Gasteiger partial charge is 0.358 e. The van der Waals surface area contributed by atoms with E-state index in [-0.39, 0.29) is 11.5 Å². The van der Waals surface area contributed by atoms with Gasteiger partial charge in [-0.15, -0.1) is 5.11 Å². The first kappa shape index (κ1) is 8.63. The number of aromatic nitrogens is 2. The van der Waals surface area contributed by atoms with Crippen molar-refractivity contribution in [1.82, 2.24) is 14.6 Å². The normalized spacial score (nSPS) is 19.6. The van der Waals surface area contributed by atoms with Gasteiger partial charge in [-0.2, -0.15) is 0 Å². The van der Waals surface area contributed by atoms with E-state index in [1.54, 1.807) is 0 Å². The van der Waals surface area contributed by atoms with Gasteiger partial charge in [0.2, 0.25) is 6.35 Å². The molecule has 1 aliphatic heterocycles. The van der Waals surface area contributed by atoms with Crippen LogP contribution in [0.5, 0.6) is 0 Å². The molecule has 1 aliphatic rings. The molecular formula is C6H7N5O3. The highest BCUT2D eigenvalue weighted by Gasteiger charge is 2.26. The van der Waals surface area contributed by atoms with Gasteiger partial charge in [0.25, 0.3) is 0 Å². The van der Waals surface area contributed by atoms with Crippen molar-refractivity contribution in [3.05, 3.63) is 12.0 Å². The van der Waals surface area contributed by atoms with Gasteiger partial charge < -0.3 is 10.2 Å². The van der Waals surface area contributed by atoms with Gasteiger partial charge in [-0.3, -0.25) is 4.57 Å². The zero-order valence-corrected chi connectivity index (χ0v) is 7.19. The molecule has 0 radical (unpaired) electrons. The van der Waals surface area contributed by atoms with E-state index in [4.69, 9.17) is 5.11 Å². The standard InChI is InChI=1S/C6H7N5O3/c1-10-6(14)11-2-7-3(5(12)13)4(11)8-9-10/h2,6,14H,1H3,(H,12,13). The Bertz CT molecular complexity index is 412. The Morgan fingerprint density at radius 3 is 3.00 bits per heavy atom. The highest BCUT2D eigenvalue weighted by Crippen LogP contribution is 2.27. The van der Waals surface area contributed by atoms with Crippen LogP contribution in [0, 0.1) is 0 Å². The monoisotopic (exact) mass is 197 g/mol. The summed E-state index contributed by atoms with van der Waals surface area (Å²) in [4.78, 5) is 14.3. The molecule has 74 valence electrons. The van der Waals surface area contributed by atoms with Crippen LogP contribution in [0.3, 0.4) is 0 Å². The lowest BCUT2D eigenvalue weighted by Crippen LogP contribution is -2.26. The Morgan fingerprint density at radius 2 is 2.36 bits per heavy atom. The topological polar surface area (TPSA) is 103 Å². The van der Waals surface area contributed by atoms with Gasteiger partial charge in [-0.1, -0.05) is 5.22 Å². The molecule has 0 fully saturated rings.